The smallest absolute Gasteiger partial charge is 0.408 e. The van der Waals surface area contributed by atoms with Gasteiger partial charge in [0.05, 0.1) is 26.2 Å². The summed E-state index contributed by atoms with van der Waals surface area (Å²) in [6.07, 6.45) is -0.616. The van der Waals surface area contributed by atoms with Gasteiger partial charge in [-0.2, -0.15) is 0 Å². The lowest BCUT2D eigenvalue weighted by Crippen LogP contribution is -2.52. The second-order valence-corrected chi connectivity index (χ2v) is 5.15. The van der Waals surface area contributed by atoms with Gasteiger partial charge in [-0.25, -0.2) is 4.79 Å². The van der Waals surface area contributed by atoms with Crippen molar-refractivity contribution in [3.8, 4) is 0 Å². The molecule has 0 aromatic carbocycles. The number of esters is 1. The molecule has 0 aromatic rings. The molecule has 0 saturated carbocycles. The van der Waals surface area contributed by atoms with E-state index in [9.17, 15) is 9.59 Å². The van der Waals surface area contributed by atoms with Crippen LogP contribution in [0.25, 0.3) is 0 Å². The molecule has 3 N–H and O–H groups in total. The van der Waals surface area contributed by atoms with E-state index in [0.717, 1.165) is 0 Å². The molecule has 112 valence electrons. The molecule has 0 unspecified atom stereocenters. The van der Waals surface area contributed by atoms with E-state index in [4.69, 9.17) is 15.2 Å². The first kappa shape index (κ1) is 17.7. The Morgan fingerprint density at radius 1 is 1.26 bits per heavy atom. The largest absolute Gasteiger partial charge is 0.469 e. The molecular formula is C12H24N2O5. The van der Waals surface area contributed by atoms with Crippen LogP contribution in [0.1, 0.15) is 27.2 Å². The van der Waals surface area contributed by atoms with Crippen LogP contribution >= 0.6 is 0 Å². The van der Waals surface area contributed by atoms with Crippen LogP contribution in [0.4, 0.5) is 4.79 Å². The Hall–Kier alpha value is -1.34. The van der Waals surface area contributed by atoms with E-state index < -0.39 is 29.7 Å². The van der Waals surface area contributed by atoms with Crippen molar-refractivity contribution in [1.82, 2.24) is 5.32 Å². The van der Waals surface area contributed by atoms with Gasteiger partial charge in [-0.3, -0.25) is 4.79 Å². The van der Waals surface area contributed by atoms with E-state index in [1.165, 1.54) is 14.2 Å². The molecule has 0 fully saturated rings. The molecule has 0 heterocycles. The molecule has 0 spiro atoms. The molecule has 0 saturated heterocycles. The van der Waals surface area contributed by atoms with Crippen LogP contribution in [0.2, 0.25) is 0 Å². The van der Waals surface area contributed by atoms with Crippen LogP contribution in [0.5, 0.6) is 0 Å². The Morgan fingerprint density at radius 2 is 1.84 bits per heavy atom. The van der Waals surface area contributed by atoms with Crippen LogP contribution in [0, 0.1) is 0 Å². The molecule has 7 heteroatoms. The number of hydrogen-bond donors (Lipinski definition) is 2. The predicted molar refractivity (Wildman–Crippen MR) is 69.6 cm³/mol. The number of ether oxygens (including phenoxy) is 3. The lowest BCUT2D eigenvalue weighted by atomic mass is 10.1. The molecule has 19 heavy (non-hydrogen) atoms. The number of carbonyl (C=O) groups excluding carboxylic acids is 2. The Balaban J connectivity index is 4.47. The van der Waals surface area contributed by atoms with Crippen LogP contribution in [0.15, 0.2) is 0 Å². The monoisotopic (exact) mass is 276 g/mol. The van der Waals surface area contributed by atoms with E-state index >= 15 is 0 Å². The maximum absolute atomic E-state index is 11.6. The van der Waals surface area contributed by atoms with Gasteiger partial charge in [-0.05, 0) is 20.8 Å². The fourth-order valence-corrected chi connectivity index (χ4v) is 1.33. The molecule has 0 aliphatic carbocycles. The van der Waals surface area contributed by atoms with E-state index in [0.29, 0.717) is 0 Å². The second kappa shape index (κ2) is 7.96. The van der Waals surface area contributed by atoms with Gasteiger partial charge in [-0.15, -0.1) is 0 Å². The summed E-state index contributed by atoms with van der Waals surface area (Å²) in [5.41, 5.74) is 5.24. The van der Waals surface area contributed by atoms with Crippen LogP contribution in [-0.4, -0.2) is 50.6 Å². The quantitative estimate of drug-likeness (QED) is 0.682. The maximum atomic E-state index is 11.6. The van der Waals surface area contributed by atoms with Gasteiger partial charge in [-0.1, -0.05) is 0 Å². The minimum atomic E-state index is -0.611. The van der Waals surface area contributed by atoms with Gasteiger partial charge in [0.2, 0.25) is 0 Å². The normalized spacial score (nSPS) is 14.4. The highest BCUT2D eigenvalue weighted by molar-refractivity contribution is 5.71. The molecule has 0 aliphatic rings. The van der Waals surface area contributed by atoms with Crippen molar-refractivity contribution in [3.05, 3.63) is 0 Å². The Labute approximate surface area is 113 Å². The van der Waals surface area contributed by atoms with Crippen molar-refractivity contribution in [2.24, 2.45) is 5.73 Å². The topological polar surface area (TPSA) is 99.9 Å². The Bertz CT molecular complexity index is 301. The summed E-state index contributed by atoms with van der Waals surface area (Å²) in [5.74, 6) is -0.445. The number of nitrogens with one attached hydrogen (secondary N) is 1. The van der Waals surface area contributed by atoms with Crippen molar-refractivity contribution >= 4 is 12.1 Å². The zero-order valence-electron chi connectivity index (χ0n) is 12.2. The fourth-order valence-electron chi connectivity index (χ4n) is 1.33. The van der Waals surface area contributed by atoms with Crippen LogP contribution < -0.4 is 11.1 Å². The maximum Gasteiger partial charge on any atom is 0.408 e. The van der Waals surface area contributed by atoms with Crippen molar-refractivity contribution < 1.29 is 23.8 Å². The molecule has 0 aliphatic heterocycles. The van der Waals surface area contributed by atoms with E-state index in [-0.39, 0.29) is 13.0 Å². The Morgan fingerprint density at radius 3 is 2.26 bits per heavy atom. The predicted octanol–water partition coefficient (Wildman–Crippen LogP) is 0.417. The number of amides is 1. The Kier molecular flexibility index (Phi) is 7.40. The summed E-state index contributed by atoms with van der Waals surface area (Å²) in [6.45, 7) is 5.45. The molecule has 0 rings (SSSR count). The van der Waals surface area contributed by atoms with Gasteiger partial charge in [0.25, 0.3) is 0 Å². The number of carbonyl (C=O) groups is 2. The van der Waals surface area contributed by atoms with E-state index in [2.05, 4.69) is 10.1 Å². The average Bonchev–Trinajstić information content (AvgIpc) is 2.25. The minimum Gasteiger partial charge on any atom is -0.469 e. The number of nitrogens with two attached hydrogens (primary N) is 1. The molecule has 1 amide bonds. The first-order valence-corrected chi connectivity index (χ1v) is 6.00. The van der Waals surface area contributed by atoms with Gasteiger partial charge in [0.1, 0.15) is 5.60 Å². The van der Waals surface area contributed by atoms with Crippen molar-refractivity contribution in [2.75, 3.05) is 20.8 Å². The fraction of sp³-hybridized carbons (Fsp3) is 0.833. The van der Waals surface area contributed by atoms with Crippen molar-refractivity contribution in [2.45, 2.75) is 44.9 Å². The van der Waals surface area contributed by atoms with Crippen molar-refractivity contribution in [3.63, 3.8) is 0 Å². The minimum absolute atomic E-state index is 0.0136. The number of methoxy groups -OCH3 is 2. The SMILES string of the molecule is COC[C@@H](NC(=O)OC(C)(C)C)[C@H](N)CC(=O)OC. The first-order valence-electron chi connectivity index (χ1n) is 6.00. The summed E-state index contributed by atoms with van der Waals surface area (Å²) in [4.78, 5) is 22.8. The van der Waals surface area contributed by atoms with Gasteiger partial charge >= 0.3 is 12.1 Å². The van der Waals surface area contributed by atoms with Gasteiger partial charge < -0.3 is 25.3 Å². The first-order chi connectivity index (χ1) is 8.69. The molecule has 2 atom stereocenters. The summed E-state index contributed by atoms with van der Waals surface area (Å²) in [7, 11) is 2.76. The third-order valence-electron chi connectivity index (χ3n) is 2.20. The van der Waals surface area contributed by atoms with E-state index in [1.54, 1.807) is 20.8 Å². The molecule has 0 bridgehead atoms. The molecule has 0 radical (unpaired) electrons. The summed E-state index contributed by atoms with van der Waals surface area (Å²) in [6, 6.07) is -1.14. The highest BCUT2D eigenvalue weighted by atomic mass is 16.6. The van der Waals surface area contributed by atoms with Crippen molar-refractivity contribution in [1.29, 1.82) is 0 Å². The zero-order chi connectivity index (χ0) is 15.1. The zero-order valence-corrected chi connectivity index (χ0v) is 12.2. The summed E-state index contributed by atoms with van der Waals surface area (Å²) in [5, 5.41) is 2.58. The lowest BCUT2D eigenvalue weighted by Gasteiger charge is -2.26. The van der Waals surface area contributed by atoms with Crippen LogP contribution in [0.3, 0.4) is 0 Å². The van der Waals surface area contributed by atoms with Gasteiger partial charge in [0, 0.05) is 13.2 Å². The molecular weight excluding hydrogens is 252 g/mol. The van der Waals surface area contributed by atoms with E-state index in [1.807, 2.05) is 0 Å². The lowest BCUT2D eigenvalue weighted by molar-refractivity contribution is -0.141. The highest BCUT2D eigenvalue weighted by Crippen LogP contribution is 2.08. The molecule has 0 aromatic heterocycles. The van der Waals surface area contributed by atoms with Gasteiger partial charge in [0.15, 0.2) is 0 Å². The number of hydrogen-bond acceptors (Lipinski definition) is 6. The third kappa shape index (κ3) is 8.39. The summed E-state index contributed by atoms with van der Waals surface area (Å²) >= 11 is 0. The van der Waals surface area contributed by atoms with Crippen LogP contribution in [-0.2, 0) is 19.0 Å². The average molecular weight is 276 g/mol. The standard InChI is InChI=1S/C12H24N2O5/c1-12(2,3)19-11(16)14-9(7-17-4)8(13)6-10(15)18-5/h8-9H,6-7,13H2,1-5H3,(H,14,16)/t8-,9-/m1/s1. The number of alkyl carbamates (subject to hydrolysis) is 1. The third-order valence-corrected chi connectivity index (χ3v) is 2.20. The highest BCUT2D eigenvalue weighted by Gasteiger charge is 2.25. The second-order valence-electron chi connectivity index (χ2n) is 5.15. The molecule has 7 nitrogen and oxygen atoms in total. The summed E-state index contributed by atoms with van der Waals surface area (Å²) < 4.78 is 14.6. The number of rotatable bonds is 6.